The van der Waals surface area contributed by atoms with Gasteiger partial charge in [0.05, 0.1) is 13.2 Å². The lowest BCUT2D eigenvalue weighted by atomic mass is 10.1. The molecule has 0 amide bonds. The minimum absolute atomic E-state index is 0.00912. The predicted molar refractivity (Wildman–Crippen MR) is 67.4 cm³/mol. The smallest absolute Gasteiger partial charge is 0.137 e. The Kier molecular flexibility index (Phi) is 4.25. The van der Waals surface area contributed by atoms with Crippen LogP contribution >= 0.6 is 12.2 Å². The number of hydrogen-bond donors (Lipinski definition) is 1. The van der Waals surface area contributed by atoms with Crippen molar-refractivity contribution in [3.05, 3.63) is 21.7 Å². The van der Waals surface area contributed by atoms with Crippen molar-refractivity contribution >= 4 is 12.2 Å². The first-order chi connectivity index (χ1) is 8.26. The van der Waals surface area contributed by atoms with Crippen LogP contribution in [0.25, 0.3) is 0 Å². The summed E-state index contributed by atoms with van der Waals surface area (Å²) < 4.78 is 11.5. The Morgan fingerprint density at radius 2 is 2.41 bits per heavy atom. The summed E-state index contributed by atoms with van der Waals surface area (Å²) in [7, 11) is 1.71. The zero-order valence-corrected chi connectivity index (χ0v) is 11.1. The lowest BCUT2D eigenvalue weighted by Crippen LogP contribution is -2.17. The fourth-order valence-corrected chi connectivity index (χ4v) is 2.34. The Morgan fingerprint density at radius 1 is 1.59 bits per heavy atom. The number of aromatic nitrogens is 2. The van der Waals surface area contributed by atoms with Crippen molar-refractivity contribution in [2.24, 2.45) is 0 Å². The highest BCUT2D eigenvalue weighted by Crippen LogP contribution is 2.22. The number of ether oxygens (including phenoxy) is 2. The third-order valence-corrected chi connectivity index (χ3v) is 3.34. The van der Waals surface area contributed by atoms with Gasteiger partial charge in [0.25, 0.3) is 0 Å². The molecule has 1 aliphatic rings. The molecular weight excluding hydrogens is 236 g/mol. The van der Waals surface area contributed by atoms with Gasteiger partial charge in [0.2, 0.25) is 0 Å². The largest absolute Gasteiger partial charge is 0.376 e. The molecule has 0 saturated carbocycles. The molecule has 0 radical (unpaired) electrons. The zero-order chi connectivity index (χ0) is 12.3. The van der Waals surface area contributed by atoms with Crippen molar-refractivity contribution in [2.75, 3.05) is 13.7 Å². The van der Waals surface area contributed by atoms with Crippen LogP contribution in [-0.4, -0.2) is 23.7 Å². The number of nitrogens with zero attached hydrogens (tertiary/aromatic N) is 1. The van der Waals surface area contributed by atoms with Crippen LogP contribution in [0.5, 0.6) is 0 Å². The summed E-state index contributed by atoms with van der Waals surface area (Å²) in [4.78, 5) is 7.79. The molecule has 4 nitrogen and oxygen atoms in total. The monoisotopic (exact) mass is 254 g/mol. The number of H-pyrrole nitrogens is 1. The third kappa shape index (κ3) is 2.73. The quantitative estimate of drug-likeness (QED) is 0.839. The maximum Gasteiger partial charge on any atom is 0.137 e. The second-order valence-corrected chi connectivity index (χ2v) is 4.59. The Morgan fingerprint density at radius 3 is 3.12 bits per heavy atom. The molecule has 1 unspecified atom stereocenters. The van der Waals surface area contributed by atoms with Gasteiger partial charge in [0.15, 0.2) is 0 Å². The van der Waals surface area contributed by atoms with Crippen LogP contribution in [0.4, 0.5) is 0 Å². The fraction of sp³-hybridized carbons (Fsp3) is 0.667. The summed E-state index contributed by atoms with van der Waals surface area (Å²) in [5, 5.41) is 0. The molecule has 0 spiro atoms. The highest BCUT2D eigenvalue weighted by atomic mass is 32.1. The van der Waals surface area contributed by atoms with Crippen LogP contribution in [0.2, 0.25) is 0 Å². The fourth-order valence-electron chi connectivity index (χ4n) is 2.06. The van der Waals surface area contributed by atoms with E-state index < -0.39 is 0 Å². The summed E-state index contributed by atoms with van der Waals surface area (Å²) in [6.07, 6.45) is 2.89. The van der Waals surface area contributed by atoms with Crippen molar-refractivity contribution in [1.82, 2.24) is 9.97 Å². The van der Waals surface area contributed by atoms with Crippen molar-refractivity contribution in [3.8, 4) is 0 Å². The van der Waals surface area contributed by atoms with E-state index in [9.17, 15) is 0 Å². The highest BCUT2D eigenvalue weighted by molar-refractivity contribution is 7.71. The maximum absolute atomic E-state index is 5.45. The summed E-state index contributed by atoms with van der Waals surface area (Å²) in [5.41, 5.74) is 2.19. The summed E-state index contributed by atoms with van der Waals surface area (Å²) >= 11 is 5.31. The lowest BCUT2D eigenvalue weighted by molar-refractivity contribution is 0.0845. The number of rotatable bonds is 4. The van der Waals surface area contributed by atoms with Gasteiger partial charge in [-0.15, -0.1) is 0 Å². The van der Waals surface area contributed by atoms with Crippen LogP contribution in [-0.2, 0) is 22.5 Å². The van der Waals surface area contributed by atoms with Crippen molar-refractivity contribution in [1.29, 1.82) is 0 Å². The van der Waals surface area contributed by atoms with Gasteiger partial charge in [-0.3, -0.25) is 0 Å². The minimum atomic E-state index is 0.00912. The summed E-state index contributed by atoms with van der Waals surface area (Å²) in [6.45, 7) is 3.45. The highest BCUT2D eigenvalue weighted by Gasteiger charge is 2.18. The van der Waals surface area contributed by atoms with Crippen LogP contribution in [0, 0.1) is 4.64 Å². The van der Waals surface area contributed by atoms with Crippen LogP contribution in [0.15, 0.2) is 0 Å². The average molecular weight is 254 g/mol. The van der Waals surface area contributed by atoms with E-state index in [2.05, 4.69) is 16.9 Å². The second-order valence-electron chi connectivity index (χ2n) is 4.20. The molecule has 1 atom stereocenters. The van der Waals surface area contributed by atoms with E-state index in [4.69, 9.17) is 21.7 Å². The maximum atomic E-state index is 5.45. The van der Waals surface area contributed by atoms with Gasteiger partial charge in [-0.2, -0.15) is 0 Å². The first kappa shape index (κ1) is 12.7. The molecule has 1 N–H and O–H groups in total. The predicted octanol–water partition coefficient (Wildman–Crippen LogP) is 2.70. The van der Waals surface area contributed by atoms with E-state index in [-0.39, 0.29) is 6.10 Å². The third-order valence-electron chi connectivity index (χ3n) is 3.01. The molecular formula is C12H18N2O2S. The minimum Gasteiger partial charge on any atom is -0.376 e. The van der Waals surface area contributed by atoms with Gasteiger partial charge in [0.1, 0.15) is 16.6 Å². The molecule has 94 valence electrons. The standard InChI is InChI=1S/C12H18N2O2S/c1-3-4-10(15-2)11-13-9-5-6-16-7-8(9)12(17)14-11/h10H,3-7H2,1-2H3,(H,13,14,17). The van der Waals surface area contributed by atoms with E-state index in [1.165, 1.54) is 0 Å². The second kappa shape index (κ2) is 5.71. The van der Waals surface area contributed by atoms with Crippen molar-refractivity contribution in [3.63, 3.8) is 0 Å². The van der Waals surface area contributed by atoms with E-state index in [0.29, 0.717) is 11.2 Å². The average Bonchev–Trinajstić information content (AvgIpc) is 2.36. The SMILES string of the molecule is CCCC(OC)c1nc(=S)c2c([nH]1)CCOC2. The number of methoxy groups -OCH3 is 1. The molecule has 5 heteroatoms. The van der Waals surface area contributed by atoms with Gasteiger partial charge in [-0.25, -0.2) is 4.98 Å². The summed E-state index contributed by atoms with van der Waals surface area (Å²) in [5.74, 6) is 0.847. The van der Waals surface area contributed by atoms with Crippen molar-refractivity contribution < 1.29 is 9.47 Å². The normalized spacial score (nSPS) is 16.6. The topological polar surface area (TPSA) is 47.1 Å². The van der Waals surface area contributed by atoms with Crippen LogP contribution in [0.3, 0.4) is 0 Å². The molecule has 0 aromatic carbocycles. The van der Waals surface area contributed by atoms with E-state index in [1.807, 2.05) is 0 Å². The lowest BCUT2D eigenvalue weighted by Gasteiger charge is -2.20. The van der Waals surface area contributed by atoms with Gasteiger partial charge in [0, 0.05) is 24.8 Å². The molecule has 0 bridgehead atoms. The molecule has 1 aromatic heterocycles. The molecule has 0 aliphatic carbocycles. The molecule has 1 aromatic rings. The van der Waals surface area contributed by atoms with Gasteiger partial charge < -0.3 is 14.5 Å². The number of fused-ring (bicyclic) bond motifs is 1. The Balaban J connectivity index is 2.36. The molecule has 1 aliphatic heterocycles. The zero-order valence-electron chi connectivity index (χ0n) is 10.3. The number of nitrogens with one attached hydrogen (secondary N) is 1. The van der Waals surface area contributed by atoms with Gasteiger partial charge in [-0.1, -0.05) is 25.6 Å². The van der Waals surface area contributed by atoms with E-state index in [0.717, 1.165) is 43.0 Å². The van der Waals surface area contributed by atoms with E-state index >= 15 is 0 Å². The van der Waals surface area contributed by atoms with Crippen LogP contribution in [0.1, 0.15) is 43.0 Å². The van der Waals surface area contributed by atoms with E-state index in [1.54, 1.807) is 7.11 Å². The Labute approximate surface area is 106 Å². The first-order valence-corrected chi connectivity index (χ1v) is 6.39. The molecule has 17 heavy (non-hydrogen) atoms. The number of aromatic amines is 1. The van der Waals surface area contributed by atoms with Gasteiger partial charge in [-0.05, 0) is 6.42 Å². The van der Waals surface area contributed by atoms with Crippen molar-refractivity contribution in [2.45, 2.75) is 38.9 Å². The number of hydrogen-bond acceptors (Lipinski definition) is 4. The Hall–Kier alpha value is -0.780. The molecule has 0 fully saturated rings. The van der Waals surface area contributed by atoms with Crippen LogP contribution < -0.4 is 0 Å². The molecule has 0 saturated heterocycles. The summed E-state index contributed by atoms with van der Waals surface area (Å²) in [6, 6.07) is 0. The molecule has 2 heterocycles. The van der Waals surface area contributed by atoms with Gasteiger partial charge >= 0.3 is 0 Å². The Bertz CT molecular complexity index is 445. The molecule has 2 rings (SSSR count). The first-order valence-electron chi connectivity index (χ1n) is 5.98.